The third-order valence-corrected chi connectivity index (χ3v) is 5.18. The van der Waals surface area contributed by atoms with Gasteiger partial charge in [0.2, 0.25) is 5.91 Å². The van der Waals surface area contributed by atoms with Crippen LogP contribution in [0.3, 0.4) is 0 Å². The van der Waals surface area contributed by atoms with Crippen molar-refractivity contribution in [2.75, 3.05) is 25.5 Å². The van der Waals surface area contributed by atoms with Gasteiger partial charge in [0.1, 0.15) is 0 Å². The van der Waals surface area contributed by atoms with Crippen molar-refractivity contribution in [2.45, 2.75) is 18.6 Å². The number of fused-ring (bicyclic) bond motifs is 1. The first kappa shape index (κ1) is 19.7. The predicted molar refractivity (Wildman–Crippen MR) is 111 cm³/mol. The van der Waals surface area contributed by atoms with E-state index < -0.39 is 0 Å². The van der Waals surface area contributed by atoms with E-state index in [0.29, 0.717) is 37.1 Å². The van der Waals surface area contributed by atoms with Crippen molar-refractivity contribution in [3.8, 4) is 0 Å². The van der Waals surface area contributed by atoms with Crippen LogP contribution < -0.4 is 5.32 Å². The van der Waals surface area contributed by atoms with Gasteiger partial charge in [0.15, 0.2) is 5.16 Å². The molecule has 3 rings (SSSR count). The molecule has 1 amide bonds. The predicted octanol–water partition coefficient (Wildman–Crippen LogP) is 3.98. The maximum Gasteiger partial charge on any atom is 0.230 e. The van der Waals surface area contributed by atoms with Crippen LogP contribution in [-0.4, -0.2) is 41.0 Å². The highest BCUT2D eigenvalue weighted by molar-refractivity contribution is 7.99. The van der Waals surface area contributed by atoms with E-state index in [4.69, 9.17) is 16.3 Å². The number of rotatable bonds is 9. The molecule has 5 nitrogen and oxygen atoms in total. The number of benzene rings is 2. The molecule has 0 radical (unpaired) electrons. The molecule has 0 saturated carbocycles. The lowest BCUT2D eigenvalue weighted by molar-refractivity contribution is -0.118. The Morgan fingerprint density at radius 2 is 2.07 bits per heavy atom. The molecular formula is C20H22ClN3O2S. The normalized spacial score (nSPS) is 11.0. The molecule has 0 spiro atoms. The van der Waals surface area contributed by atoms with Gasteiger partial charge in [-0.3, -0.25) is 4.79 Å². The zero-order valence-corrected chi connectivity index (χ0v) is 16.7. The monoisotopic (exact) mass is 403 g/mol. The summed E-state index contributed by atoms with van der Waals surface area (Å²) in [7, 11) is 0. The quantitative estimate of drug-likeness (QED) is 0.433. The second kappa shape index (κ2) is 9.78. The number of halogens is 1. The van der Waals surface area contributed by atoms with Crippen LogP contribution >= 0.6 is 23.4 Å². The van der Waals surface area contributed by atoms with Crippen LogP contribution in [0.4, 0.5) is 0 Å². The third-order valence-electron chi connectivity index (χ3n) is 3.96. The van der Waals surface area contributed by atoms with Crippen molar-refractivity contribution in [3.05, 3.63) is 59.1 Å². The fraction of sp³-hybridized carbons (Fsp3) is 0.300. The Hall–Kier alpha value is -2.02. The molecule has 0 aliphatic heterocycles. The zero-order valence-electron chi connectivity index (χ0n) is 15.2. The number of nitrogens with one attached hydrogen (secondary N) is 1. The maximum atomic E-state index is 12.1. The van der Waals surface area contributed by atoms with E-state index in [1.54, 1.807) is 0 Å². The fourth-order valence-electron chi connectivity index (χ4n) is 2.70. The van der Waals surface area contributed by atoms with Gasteiger partial charge in [-0.25, -0.2) is 4.98 Å². The molecule has 27 heavy (non-hydrogen) atoms. The minimum Gasteiger partial charge on any atom is -0.380 e. The Kier molecular flexibility index (Phi) is 7.15. The Morgan fingerprint density at radius 3 is 2.85 bits per heavy atom. The summed E-state index contributed by atoms with van der Waals surface area (Å²) in [6.45, 7) is 4.31. The Morgan fingerprint density at radius 1 is 1.26 bits per heavy atom. The molecule has 0 fully saturated rings. The molecule has 0 bridgehead atoms. The first-order valence-electron chi connectivity index (χ1n) is 8.84. The van der Waals surface area contributed by atoms with Gasteiger partial charge in [-0.1, -0.05) is 53.7 Å². The Bertz CT molecular complexity index is 899. The molecule has 142 valence electrons. The number of carbonyl (C=O) groups is 1. The van der Waals surface area contributed by atoms with E-state index in [2.05, 4.69) is 27.0 Å². The topological polar surface area (TPSA) is 56.1 Å². The van der Waals surface area contributed by atoms with E-state index in [-0.39, 0.29) is 5.91 Å². The van der Waals surface area contributed by atoms with Gasteiger partial charge < -0.3 is 14.6 Å². The molecule has 0 atom stereocenters. The zero-order chi connectivity index (χ0) is 19.1. The van der Waals surface area contributed by atoms with Crippen molar-refractivity contribution >= 4 is 40.3 Å². The fourth-order valence-corrected chi connectivity index (χ4v) is 3.71. The number of carbonyl (C=O) groups excluding carboxylic acids is 1. The summed E-state index contributed by atoms with van der Waals surface area (Å²) in [4.78, 5) is 16.8. The van der Waals surface area contributed by atoms with Gasteiger partial charge in [0, 0.05) is 18.2 Å². The lowest BCUT2D eigenvalue weighted by Gasteiger charge is -2.09. The average Bonchev–Trinajstić information content (AvgIpc) is 3.01. The number of aromatic nitrogens is 2. The summed E-state index contributed by atoms with van der Waals surface area (Å²) in [6, 6.07) is 15.9. The summed E-state index contributed by atoms with van der Waals surface area (Å²) in [6.07, 6.45) is 0. The van der Waals surface area contributed by atoms with Crippen molar-refractivity contribution in [1.29, 1.82) is 0 Å². The van der Waals surface area contributed by atoms with Gasteiger partial charge >= 0.3 is 0 Å². The Balaban J connectivity index is 1.75. The van der Waals surface area contributed by atoms with E-state index in [0.717, 1.165) is 16.2 Å². The molecule has 1 heterocycles. The molecule has 2 aromatic carbocycles. The minimum absolute atomic E-state index is 0.0314. The van der Waals surface area contributed by atoms with Gasteiger partial charge in [0.25, 0.3) is 0 Å². The number of amides is 1. The third kappa shape index (κ3) is 5.48. The number of imidazole rings is 1. The lowest BCUT2D eigenvalue weighted by atomic mass is 10.2. The molecule has 3 aromatic rings. The highest BCUT2D eigenvalue weighted by Crippen LogP contribution is 2.27. The molecular weight excluding hydrogens is 382 g/mol. The lowest BCUT2D eigenvalue weighted by Crippen LogP contribution is -2.28. The molecule has 0 unspecified atom stereocenters. The molecule has 0 aliphatic carbocycles. The van der Waals surface area contributed by atoms with Crippen LogP contribution in [0, 0.1) is 0 Å². The highest BCUT2D eigenvalue weighted by atomic mass is 35.5. The molecule has 0 saturated heterocycles. The summed E-state index contributed by atoms with van der Waals surface area (Å²) in [5.41, 5.74) is 3.01. The van der Waals surface area contributed by atoms with Crippen LogP contribution in [-0.2, 0) is 16.1 Å². The number of nitrogens with zero attached hydrogens (tertiary/aromatic N) is 2. The van der Waals surface area contributed by atoms with Gasteiger partial charge in [-0.05, 0) is 30.7 Å². The molecule has 1 aromatic heterocycles. The summed E-state index contributed by atoms with van der Waals surface area (Å²) >= 11 is 7.54. The average molecular weight is 404 g/mol. The van der Waals surface area contributed by atoms with Gasteiger partial charge in [-0.15, -0.1) is 0 Å². The molecule has 0 aliphatic rings. The number of thioether (sulfide) groups is 1. The van der Waals surface area contributed by atoms with E-state index in [9.17, 15) is 4.79 Å². The standard InChI is InChI=1S/C20H22ClN3O2S/c1-2-26-11-10-22-19(25)14-27-20-23-17-12-16(21)8-9-18(17)24(20)13-15-6-4-3-5-7-15/h3-9,12H,2,10-11,13-14H2,1H3,(H,22,25). The van der Waals surface area contributed by atoms with Crippen LogP contribution in [0.15, 0.2) is 53.7 Å². The van der Waals surface area contributed by atoms with Crippen molar-refractivity contribution < 1.29 is 9.53 Å². The van der Waals surface area contributed by atoms with Gasteiger partial charge in [-0.2, -0.15) is 0 Å². The number of hydrogen-bond donors (Lipinski definition) is 1. The smallest absolute Gasteiger partial charge is 0.230 e. The number of ether oxygens (including phenoxy) is 1. The summed E-state index contributed by atoms with van der Waals surface area (Å²) in [5, 5.41) is 4.31. The summed E-state index contributed by atoms with van der Waals surface area (Å²) < 4.78 is 7.36. The Labute approximate surface area is 168 Å². The van der Waals surface area contributed by atoms with Gasteiger partial charge in [0.05, 0.1) is 29.9 Å². The number of hydrogen-bond acceptors (Lipinski definition) is 4. The minimum atomic E-state index is -0.0314. The van der Waals surface area contributed by atoms with Crippen LogP contribution in [0.2, 0.25) is 5.02 Å². The van der Waals surface area contributed by atoms with E-state index >= 15 is 0 Å². The van der Waals surface area contributed by atoms with E-state index in [1.807, 2.05) is 43.3 Å². The largest absolute Gasteiger partial charge is 0.380 e. The second-order valence-electron chi connectivity index (χ2n) is 5.93. The first-order chi connectivity index (χ1) is 13.2. The summed E-state index contributed by atoms with van der Waals surface area (Å²) in [5.74, 6) is 0.272. The van der Waals surface area contributed by atoms with Crippen LogP contribution in [0.5, 0.6) is 0 Å². The molecule has 7 heteroatoms. The van der Waals surface area contributed by atoms with Crippen molar-refractivity contribution in [3.63, 3.8) is 0 Å². The van der Waals surface area contributed by atoms with E-state index in [1.165, 1.54) is 17.3 Å². The van der Waals surface area contributed by atoms with Crippen LogP contribution in [0.1, 0.15) is 12.5 Å². The molecule has 1 N–H and O–H groups in total. The van der Waals surface area contributed by atoms with Crippen molar-refractivity contribution in [2.24, 2.45) is 0 Å². The SMILES string of the molecule is CCOCCNC(=O)CSc1nc2cc(Cl)ccc2n1Cc1ccccc1. The maximum absolute atomic E-state index is 12.1. The van der Waals surface area contributed by atoms with Crippen LogP contribution in [0.25, 0.3) is 11.0 Å². The first-order valence-corrected chi connectivity index (χ1v) is 10.2. The highest BCUT2D eigenvalue weighted by Gasteiger charge is 2.14. The van der Waals surface area contributed by atoms with Crippen molar-refractivity contribution in [1.82, 2.24) is 14.9 Å². The second-order valence-corrected chi connectivity index (χ2v) is 7.31.